The van der Waals surface area contributed by atoms with Crippen LogP contribution in [0.5, 0.6) is 0 Å². The molecule has 0 aromatic carbocycles. The molecule has 1 aromatic rings. The van der Waals surface area contributed by atoms with E-state index in [0.29, 0.717) is 11.9 Å². The van der Waals surface area contributed by atoms with Gasteiger partial charge in [-0.3, -0.25) is 4.68 Å². The lowest BCUT2D eigenvalue weighted by Crippen LogP contribution is -2.21. The van der Waals surface area contributed by atoms with Gasteiger partial charge in [-0.15, -0.1) is 0 Å². The van der Waals surface area contributed by atoms with E-state index in [2.05, 4.69) is 21.0 Å². The highest BCUT2D eigenvalue weighted by Crippen LogP contribution is 2.23. The van der Waals surface area contributed by atoms with Crippen molar-refractivity contribution >= 4 is 21.7 Å². The third-order valence-electron chi connectivity index (χ3n) is 2.22. The van der Waals surface area contributed by atoms with Crippen LogP contribution in [0.2, 0.25) is 0 Å². The van der Waals surface area contributed by atoms with E-state index >= 15 is 0 Å². The molecule has 2 N–H and O–H groups in total. The zero-order valence-electron chi connectivity index (χ0n) is 7.24. The number of hydrogen-bond acceptors (Lipinski definition) is 3. The van der Waals surface area contributed by atoms with Crippen LogP contribution in [0.4, 0.5) is 5.82 Å². The molecule has 13 heavy (non-hydrogen) atoms. The smallest absolute Gasteiger partial charge is 0.159 e. The molecule has 4 nitrogen and oxygen atoms in total. The van der Waals surface area contributed by atoms with Crippen molar-refractivity contribution in [1.82, 2.24) is 9.78 Å². The third kappa shape index (κ3) is 1.86. The van der Waals surface area contributed by atoms with Crippen molar-refractivity contribution in [3.8, 4) is 0 Å². The first-order valence-corrected chi connectivity index (χ1v) is 5.14. The van der Waals surface area contributed by atoms with Crippen LogP contribution < -0.4 is 5.73 Å². The van der Waals surface area contributed by atoms with Crippen molar-refractivity contribution in [3.05, 3.63) is 10.7 Å². The fraction of sp³-hybridized carbons (Fsp3) is 0.625. The molecule has 0 amide bonds. The molecule has 5 heteroatoms. The predicted octanol–water partition coefficient (Wildman–Crippen LogP) is 1.58. The zero-order valence-corrected chi connectivity index (χ0v) is 8.83. The first-order valence-electron chi connectivity index (χ1n) is 4.35. The lowest BCUT2D eigenvalue weighted by Gasteiger charge is -2.22. The minimum Gasteiger partial charge on any atom is -0.381 e. The molecule has 72 valence electrons. The Balaban J connectivity index is 2.14. The molecule has 1 unspecified atom stereocenters. The van der Waals surface area contributed by atoms with Crippen molar-refractivity contribution in [3.63, 3.8) is 0 Å². The molecule has 0 aliphatic carbocycles. The van der Waals surface area contributed by atoms with E-state index in [1.165, 1.54) is 0 Å². The van der Waals surface area contributed by atoms with Crippen molar-refractivity contribution in [2.24, 2.45) is 0 Å². The topological polar surface area (TPSA) is 53.1 Å². The molecule has 1 aromatic heterocycles. The normalized spacial score (nSPS) is 23.3. The molecule has 0 spiro atoms. The van der Waals surface area contributed by atoms with Crippen molar-refractivity contribution in [2.75, 3.05) is 18.9 Å². The highest BCUT2D eigenvalue weighted by Gasteiger charge is 2.17. The Kier molecular flexibility index (Phi) is 2.55. The van der Waals surface area contributed by atoms with Gasteiger partial charge >= 0.3 is 0 Å². The summed E-state index contributed by atoms with van der Waals surface area (Å²) in [5.74, 6) is 0.547. The number of nitrogens with two attached hydrogens (primary N) is 1. The summed E-state index contributed by atoms with van der Waals surface area (Å²) >= 11 is 3.33. The lowest BCUT2D eigenvalue weighted by atomic mass is 10.1. The fourth-order valence-corrected chi connectivity index (χ4v) is 1.79. The Hall–Kier alpha value is -0.550. The Bertz CT molecular complexity index is 274. The van der Waals surface area contributed by atoms with Gasteiger partial charge in [0.05, 0.1) is 17.1 Å². The monoisotopic (exact) mass is 245 g/mol. The van der Waals surface area contributed by atoms with E-state index in [-0.39, 0.29) is 0 Å². The number of hydrogen-bond donors (Lipinski definition) is 1. The van der Waals surface area contributed by atoms with Crippen molar-refractivity contribution in [1.29, 1.82) is 0 Å². The van der Waals surface area contributed by atoms with E-state index < -0.39 is 0 Å². The first-order chi connectivity index (χ1) is 6.27. The molecule has 1 atom stereocenters. The molecule has 0 radical (unpaired) electrons. The maximum Gasteiger partial charge on any atom is 0.159 e. The van der Waals surface area contributed by atoms with E-state index in [4.69, 9.17) is 10.5 Å². The second kappa shape index (κ2) is 3.67. The largest absolute Gasteiger partial charge is 0.381 e. The van der Waals surface area contributed by atoms with Gasteiger partial charge in [-0.1, -0.05) is 0 Å². The van der Waals surface area contributed by atoms with Gasteiger partial charge in [0.15, 0.2) is 5.82 Å². The van der Waals surface area contributed by atoms with Crippen LogP contribution in [0.15, 0.2) is 10.7 Å². The summed E-state index contributed by atoms with van der Waals surface area (Å²) in [6.07, 6.45) is 4.13. The van der Waals surface area contributed by atoms with E-state index in [9.17, 15) is 0 Å². The molecule has 1 aliphatic rings. The molecule has 2 rings (SSSR count). The van der Waals surface area contributed by atoms with E-state index in [1.54, 1.807) is 0 Å². The summed E-state index contributed by atoms with van der Waals surface area (Å²) in [5.41, 5.74) is 5.63. The van der Waals surface area contributed by atoms with Crippen LogP contribution in [-0.4, -0.2) is 23.0 Å². The van der Waals surface area contributed by atoms with Crippen LogP contribution in [-0.2, 0) is 4.74 Å². The van der Waals surface area contributed by atoms with Gasteiger partial charge in [-0.05, 0) is 28.8 Å². The number of aromatic nitrogens is 2. The molecule has 1 fully saturated rings. The minimum atomic E-state index is 0.349. The predicted molar refractivity (Wildman–Crippen MR) is 53.4 cm³/mol. The number of nitrogens with zero attached hydrogens (tertiary/aromatic N) is 2. The van der Waals surface area contributed by atoms with E-state index in [0.717, 1.165) is 30.5 Å². The second-order valence-corrected chi connectivity index (χ2v) is 4.07. The van der Waals surface area contributed by atoms with Gasteiger partial charge in [-0.2, -0.15) is 5.10 Å². The Morgan fingerprint density at radius 2 is 2.54 bits per heavy atom. The fourth-order valence-electron chi connectivity index (χ4n) is 1.50. The Morgan fingerprint density at radius 1 is 1.69 bits per heavy atom. The summed E-state index contributed by atoms with van der Waals surface area (Å²) in [6, 6.07) is 0.349. The minimum absolute atomic E-state index is 0.349. The lowest BCUT2D eigenvalue weighted by molar-refractivity contribution is 0.0550. The quantitative estimate of drug-likeness (QED) is 0.818. The molecule has 1 saturated heterocycles. The summed E-state index contributed by atoms with van der Waals surface area (Å²) in [6.45, 7) is 1.61. The molecule has 0 saturated carbocycles. The zero-order chi connectivity index (χ0) is 9.26. The van der Waals surface area contributed by atoms with Crippen LogP contribution in [0.3, 0.4) is 0 Å². The molecular weight excluding hydrogens is 234 g/mol. The van der Waals surface area contributed by atoms with Gasteiger partial charge in [-0.25, -0.2) is 0 Å². The van der Waals surface area contributed by atoms with Gasteiger partial charge in [0.1, 0.15) is 0 Å². The summed E-state index contributed by atoms with van der Waals surface area (Å²) in [5, 5.41) is 4.20. The van der Waals surface area contributed by atoms with Gasteiger partial charge < -0.3 is 10.5 Å². The van der Waals surface area contributed by atoms with Crippen LogP contribution >= 0.6 is 15.9 Å². The third-order valence-corrected chi connectivity index (χ3v) is 2.83. The van der Waals surface area contributed by atoms with Crippen LogP contribution in [0.25, 0.3) is 0 Å². The van der Waals surface area contributed by atoms with Gasteiger partial charge in [0.25, 0.3) is 0 Å². The maximum absolute atomic E-state index is 5.63. The SMILES string of the molecule is Nc1nn(C2CCCOC2)cc1Br. The number of ether oxygens (including phenoxy) is 1. The van der Waals surface area contributed by atoms with Crippen molar-refractivity contribution in [2.45, 2.75) is 18.9 Å². The summed E-state index contributed by atoms with van der Waals surface area (Å²) < 4.78 is 8.12. The Morgan fingerprint density at radius 3 is 3.08 bits per heavy atom. The summed E-state index contributed by atoms with van der Waals surface area (Å²) in [4.78, 5) is 0. The highest BCUT2D eigenvalue weighted by molar-refractivity contribution is 9.10. The van der Waals surface area contributed by atoms with Crippen molar-refractivity contribution < 1.29 is 4.74 Å². The highest BCUT2D eigenvalue weighted by atomic mass is 79.9. The average molecular weight is 246 g/mol. The number of rotatable bonds is 1. The number of nitrogen functional groups attached to an aromatic ring is 1. The number of anilines is 1. The molecule has 0 bridgehead atoms. The Labute approximate surface area is 85.2 Å². The standard InChI is InChI=1S/C8H12BrN3O/c9-7-4-12(11-8(7)10)6-2-1-3-13-5-6/h4,6H,1-3,5H2,(H2,10,11). The maximum atomic E-state index is 5.63. The molecular formula is C8H12BrN3O. The van der Waals surface area contributed by atoms with E-state index in [1.807, 2.05) is 10.9 Å². The molecule has 2 heterocycles. The van der Waals surface area contributed by atoms with Gasteiger partial charge in [0.2, 0.25) is 0 Å². The number of halogens is 1. The summed E-state index contributed by atoms with van der Waals surface area (Å²) in [7, 11) is 0. The van der Waals surface area contributed by atoms with Crippen LogP contribution in [0, 0.1) is 0 Å². The van der Waals surface area contributed by atoms with Crippen LogP contribution in [0.1, 0.15) is 18.9 Å². The first kappa shape index (κ1) is 9.02. The van der Waals surface area contributed by atoms with Gasteiger partial charge in [0, 0.05) is 12.8 Å². The second-order valence-electron chi connectivity index (χ2n) is 3.21. The average Bonchev–Trinajstić information content (AvgIpc) is 2.49. The molecule has 1 aliphatic heterocycles.